The molecule has 2 fully saturated rings. The molecule has 2 atom stereocenters. The largest absolute Gasteiger partial charge is 0.352 e. The molecule has 26 heavy (non-hydrogen) atoms. The Bertz CT molecular complexity index is 842. The van der Waals surface area contributed by atoms with Gasteiger partial charge in [-0.1, -0.05) is 43.6 Å². The fourth-order valence-corrected chi connectivity index (χ4v) is 4.28. The quantitative estimate of drug-likeness (QED) is 0.325. The number of para-hydroxylation sites is 1. The number of hydrogen-bond donors (Lipinski definition) is 0. The highest BCUT2D eigenvalue weighted by Gasteiger charge is 2.61. The topological polar surface area (TPSA) is 70.8 Å². The van der Waals surface area contributed by atoms with Crippen molar-refractivity contribution in [2.45, 2.75) is 22.9 Å². The molecule has 0 radical (unpaired) electrons. The number of fused-ring (bicyclic) bond motifs is 2. The van der Waals surface area contributed by atoms with Crippen LogP contribution in [0.2, 0.25) is 0 Å². The van der Waals surface area contributed by atoms with Crippen molar-refractivity contribution in [2.75, 3.05) is 14.2 Å². The number of methoxy groups -OCH3 is 2. The highest BCUT2D eigenvalue weighted by molar-refractivity contribution is 8.02. The van der Waals surface area contributed by atoms with Gasteiger partial charge in [-0.2, -0.15) is 0 Å². The SMILES string of the molecule is C=C1C(=C)C2(C(OC)OC)OC1/C(=C\Sc1ccccc1[N+](=O)[O-])C2=C. The molecule has 2 heterocycles. The Kier molecular flexibility index (Phi) is 4.90. The Labute approximate surface area is 156 Å². The molecule has 136 valence electrons. The number of rotatable bonds is 6. The van der Waals surface area contributed by atoms with Gasteiger partial charge in [-0.3, -0.25) is 10.1 Å². The third-order valence-electron chi connectivity index (χ3n) is 4.67. The van der Waals surface area contributed by atoms with E-state index in [2.05, 4.69) is 19.7 Å². The number of nitro groups is 1. The molecule has 0 spiro atoms. The van der Waals surface area contributed by atoms with Crippen molar-refractivity contribution in [3.63, 3.8) is 0 Å². The Morgan fingerprint density at radius 3 is 2.54 bits per heavy atom. The van der Waals surface area contributed by atoms with Crippen LogP contribution in [0.3, 0.4) is 0 Å². The van der Waals surface area contributed by atoms with Gasteiger partial charge in [-0.05, 0) is 33.8 Å². The van der Waals surface area contributed by atoms with Gasteiger partial charge in [0.05, 0.1) is 9.82 Å². The van der Waals surface area contributed by atoms with E-state index < -0.39 is 22.9 Å². The number of nitrogens with zero attached hydrogens (tertiary/aromatic N) is 1. The maximum atomic E-state index is 11.2. The molecule has 0 N–H and O–H groups in total. The van der Waals surface area contributed by atoms with Crippen LogP contribution in [0.5, 0.6) is 0 Å². The molecule has 0 saturated carbocycles. The molecule has 1 aromatic carbocycles. The van der Waals surface area contributed by atoms with E-state index in [0.29, 0.717) is 16.0 Å². The minimum absolute atomic E-state index is 0.0497. The van der Waals surface area contributed by atoms with Crippen molar-refractivity contribution < 1.29 is 19.1 Å². The van der Waals surface area contributed by atoms with Gasteiger partial charge in [0.1, 0.15) is 6.10 Å². The van der Waals surface area contributed by atoms with Gasteiger partial charge in [0, 0.05) is 20.3 Å². The highest BCUT2D eigenvalue weighted by atomic mass is 32.2. The fraction of sp³-hybridized carbons (Fsp3) is 0.263. The summed E-state index contributed by atoms with van der Waals surface area (Å²) in [6.07, 6.45) is -1.13. The second kappa shape index (κ2) is 6.85. The predicted molar refractivity (Wildman–Crippen MR) is 99.9 cm³/mol. The zero-order valence-electron chi connectivity index (χ0n) is 14.6. The van der Waals surface area contributed by atoms with E-state index >= 15 is 0 Å². The van der Waals surface area contributed by atoms with E-state index in [4.69, 9.17) is 14.2 Å². The predicted octanol–water partition coefficient (Wildman–Crippen LogP) is 4.01. The first-order chi connectivity index (χ1) is 12.4. The van der Waals surface area contributed by atoms with Crippen molar-refractivity contribution in [2.24, 2.45) is 0 Å². The van der Waals surface area contributed by atoms with Crippen LogP contribution >= 0.6 is 11.8 Å². The van der Waals surface area contributed by atoms with Crippen LogP contribution < -0.4 is 0 Å². The third-order valence-corrected chi connectivity index (χ3v) is 5.64. The van der Waals surface area contributed by atoms with Gasteiger partial charge in [0.25, 0.3) is 5.69 Å². The van der Waals surface area contributed by atoms with Gasteiger partial charge in [-0.15, -0.1) is 0 Å². The summed E-state index contributed by atoms with van der Waals surface area (Å²) in [5.41, 5.74) is 1.89. The molecular weight excluding hydrogens is 354 g/mol. The zero-order chi connectivity index (χ0) is 19.1. The number of thioether (sulfide) groups is 1. The van der Waals surface area contributed by atoms with Gasteiger partial charge < -0.3 is 14.2 Å². The highest BCUT2D eigenvalue weighted by Crippen LogP contribution is 2.57. The first-order valence-electron chi connectivity index (χ1n) is 7.80. The second-order valence-electron chi connectivity index (χ2n) is 5.94. The summed E-state index contributed by atoms with van der Waals surface area (Å²) in [5, 5.41) is 13.0. The first-order valence-corrected chi connectivity index (χ1v) is 8.68. The Hall–Kier alpha value is -2.19. The maximum Gasteiger partial charge on any atom is 0.283 e. The summed E-state index contributed by atoms with van der Waals surface area (Å²) in [6, 6.07) is 6.57. The molecule has 7 heteroatoms. The first kappa shape index (κ1) is 18.6. The maximum absolute atomic E-state index is 11.2. The lowest BCUT2D eigenvalue weighted by Gasteiger charge is -2.35. The molecule has 6 nitrogen and oxygen atoms in total. The molecule has 2 aliphatic rings. The number of benzene rings is 1. The summed E-state index contributed by atoms with van der Waals surface area (Å²) in [5.74, 6) is 0. The molecule has 2 unspecified atom stereocenters. The molecule has 1 aromatic rings. The standard InChI is InChI=1S/C19H19NO5S/c1-11-12(2)19(18(23-4)24-5)13(3)14(17(11)25-19)10-26-16-9-7-6-8-15(16)20(21)22/h6-10,17-18H,1-3H2,4-5H3/b14-10-. The summed E-state index contributed by atoms with van der Waals surface area (Å²) in [6.45, 7) is 12.3. The van der Waals surface area contributed by atoms with Crippen LogP contribution in [0.4, 0.5) is 5.69 Å². The molecule has 3 rings (SSSR count). The monoisotopic (exact) mass is 373 g/mol. The van der Waals surface area contributed by atoms with E-state index in [-0.39, 0.29) is 5.69 Å². The van der Waals surface area contributed by atoms with E-state index in [9.17, 15) is 10.1 Å². The number of hydrogen-bond acceptors (Lipinski definition) is 6. The Morgan fingerprint density at radius 1 is 1.27 bits per heavy atom. The van der Waals surface area contributed by atoms with Crippen molar-refractivity contribution >= 4 is 17.4 Å². The molecule has 0 aliphatic carbocycles. The van der Waals surface area contributed by atoms with E-state index in [0.717, 1.165) is 11.1 Å². The van der Waals surface area contributed by atoms with Gasteiger partial charge in [0.15, 0.2) is 11.9 Å². The summed E-state index contributed by atoms with van der Waals surface area (Å²) >= 11 is 1.25. The zero-order valence-corrected chi connectivity index (χ0v) is 15.4. The number of nitro benzene ring substituents is 1. The van der Waals surface area contributed by atoms with Crippen molar-refractivity contribution in [3.05, 3.63) is 81.8 Å². The normalized spacial score (nSPS) is 26.3. The van der Waals surface area contributed by atoms with Gasteiger partial charge in [0.2, 0.25) is 0 Å². The third kappa shape index (κ3) is 2.55. The lowest BCUT2D eigenvalue weighted by molar-refractivity contribution is -0.387. The number of ether oxygens (including phenoxy) is 3. The Morgan fingerprint density at radius 2 is 1.92 bits per heavy atom. The minimum atomic E-state index is -1.03. The van der Waals surface area contributed by atoms with E-state index in [1.165, 1.54) is 32.0 Å². The lowest BCUT2D eigenvalue weighted by atomic mass is 9.75. The summed E-state index contributed by atoms with van der Waals surface area (Å²) < 4.78 is 17.0. The molecule has 2 aliphatic heterocycles. The van der Waals surface area contributed by atoms with Crippen LogP contribution in [0.25, 0.3) is 0 Å². The fourth-order valence-electron chi connectivity index (χ4n) is 3.34. The lowest BCUT2D eigenvalue weighted by Crippen LogP contribution is -2.45. The van der Waals surface area contributed by atoms with Crippen molar-refractivity contribution in [3.8, 4) is 0 Å². The van der Waals surface area contributed by atoms with Crippen LogP contribution in [0.15, 0.2) is 76.6 Å². The minimum Gasteiger partial charge on any atom is -0.352 e. The molecular formula is C19H19NO5S. The van der Waals surface area contributed by atoms with Gasteiger partial charge in [-0.25, -0.2) is 0 Å². The van der Waals surface area contributed by atoms with Crippen LogP contribution in [-0.4, -0.2) is 37.1 Å². The molecule has 2 saturated heterocycles. The van der Waals surface area contributed by atoms with E-state index in [1.54, 1.807) is 18.2 Å². The van der Waals surface area contributed by atoms with Crippen molar-refractivity contribution in [1.82, 2.24) is 0 Å². The van der Waals surface area contributed by atoms with E-state index in [1.807, 2.05) is 5.41 Å². The average molecular weight is 373 g/mol. The molecule has 0 amide bonds. The smallest absolute Gasteiger partial charge is 0.283 e. The van der Waals surface area contributed by atoms with Gasteiger partial charge >= 0.3 is 0 Å². The Balaban J connectivity index is 1.97. The van der Waals surface area contributed by atoms with Crippen molar-refractivity contribution in [1.29, 1.82) is 0 Å². The van der Waals surface area contributed by atoms with Crippen LogP contribution in [0, 0.1) is 10.1 Å². The summed E-state index contributed by atoms with van der Waals surface area (Å²) in [4.78, 5) is 11.3. The molecule has 0 aromatic heterocycles. The molecule has 2 bridgehead atoms. The van der Waals surface area contributed by atoms with Crippen LogP contribution in [-0.2, 0) is 14.2 Å². The summed E-state index contributed by atoms with van der Waals surface area (Å²) in [7, 11) is 3.04. The van der Waals surface area contributed by atoms with Crippen LogP contribution in [0.1, 0.15) is 0 Å². The second-order valence-corrected chi connectivity index (χ2v) is 6.85. The average Bonchev–Trinajstić information content (AvgIpc) is 3.06.